The zero-order chi connectivity index (χ0) is 23.4. The first-order valence-corrected chi connectivity index (χ1v) is 11.9. The van der Waals surface area contributed by atoms with Crippen LogP contribution >= 0.6 is 22.9 Å². The Labute approximate surface area is 200 Å². The number of nitrogens with one attached hydrogen (secondary N) is 3. The molecule has 3 aromatic rings. The van der Waals surface area contributed by atoms with E-state index in [-0.39, 0.29) is 17.4 Å². The molecule has 4 N–H and O–H groups in total. The number of ether oxygens (including phenoxy) is 1. The molecule has 2 aromatic heterocycles. The summed E-state index contributed by atoms with van der Waals surface area (Å²) in [5.74, 6) is -0.589. The highest BCUT2D eigenvalue weighted by atomic mass is 35.5. The zero-order valence-corrected chi connectivity index (χ0v) is 19.7. The third-order valence-corrected chi connectivity index (χ3v) is 6.94. The summed E-state index contributed by atoms with van der Waals surface area (Å²) in [6.45, 7) is 1.06. The van der Waals surface area contributed by atoms with Crippen LogP contribution in [0.4, 0.5) is 5.00 Å². The number of thiophene rings is 1. The van der Waals surface area contributed by atoms with Gasteiger partial charge in [-0.2, -0.15) is 5.10 Å². The first-order valence-electron chi connectivity index (χ1n) is 10.7. The lowest BCUT2D eigenvalue weighted by molar-refractivity contribution is 0.0948. The van der Waals surface area contributed by atoms with Crippen molar-refractivity contribution < 1.29 is 19.4 Å². The van der Waals surface area contributed by atoms with Gasteiger partial charge in [0.1, 0.15) is 16.4 Å². The maximum atomic E-state index is 13.0. The molecule has 0 aliphatic heterocycles. The molecule has 0 fully saturated rings. The standard InChI is InChI=1S/C23H25ClN4O4S/c1-32-10-4-9-25-22(31)20-14-5-2-3-6-19(14)33-23(20)26-21(30)17-12-16(27-28-17)15-11-13(24)7-8-18(15)29/h7-8,11-12,29H,2-6,9-10H2,1H3,(H,25,31)(H,26,30)(H,27,28). The quantitative estimate of drug-likeness (QED) is 0.351. The fraction of sp³-hybridized carbons (Fsp3) is 0.348. The number of aromatic hydroxyl groups is 1. The second kappa shape index (κ2) is 10.4. The van der Waals surface area contributed by atoms with Crippen molar-refractivity contribution >= 4 is 39.8 Å². The van der Waals surface area contributed by atoms with Crippen LogP contribution in [-0.4, -0.2) is 47.4 Å². The number of amides is 2. The van der Waals surface area contributed by atoms with Crippen LogP contribution in [-0.2, 0) is 17.6 Å². The largest absolute Gasteiger partial charge is 0.507 e. The number of carbonyl (C=O) groups excluding carboxylic acids is 2. The summed E-state index contributed by atoms with van der Waals surface area (Å²) in [4.78, 5) is 27.1. The van der Waals surface area contributed by atoms with Crippen molar-refractivity contribution in [3.05, 3.63) is 51.0 Å². The highest BCUT2D eigenvalue weighted by molar-refractivity contribution is 7.17. The van der Waals surface area contributed by atoms with Gasteiger partial charge in [0, 0.05) is 35.7 Å². The third-order valence-electron chi connectivity index (χ3n) is 5.49. The van der Waals surface area contributed by atoms with E-state index < -0.39 is 5.91 Å². The van der Waals surface area contributed by atoms with E-state index in [9.17, 15) is 14.7 Å². The monoisotopic (exact) mass is 488 g/mol. The van der Waals surface area contributed by atoms with Gasteiger partial charge in [-0.3, -0.25) is 14.7 Å². The number of phenols is 1. The number of phenolic OH excluding ortho intramolecular Hbond substituents is 1. The van der Waals surface area contributed by atoms with Crippen molar-refractivity contribution in [2.24, 2.45) is 0 Å². The Morgan fingerprint density at radius 3 is 2.88 bits per heavy atom. The van der Waals surface area contributed by atoms with E-state index in [2.05, 4.69) is 20.8 Å². The minimum Gasteiger partial charge on any atom is -0.507 e. The molecule has 8 nitrogen and oxygen atoms in total. The van der Waals surface area contributed by atoms with Crippen LogP contribution in [0.1, 0.15) is 50.5 Å². The number of fused-ring (bicyclic) bond motifs is 1. The van der Waals surface area contributed by atoms with Gasteiger partial charge in [0.05, 0.1) is 11.3 Å². The van der Waals surface area contributed by atoms with Gasteiger partial charge in [0.2, 0.25) is 0 Å². The molecule has 0 unspecified atom stereocenters. The van der Waals surface area contributed by atoms with Gasteiger partial charge in [-0.05, 0) is 61.9 Å². The Bertz CT molecular complexity index is 1170. The normalized spacial score (nSPS) is 12.9. The number of aromatic nitrogens is 2. The summed E-state index contributed by atoms with van der Waals surface area (Å²) in [5, 5.41) is 23.8. The number of hydrogen-bond donors (Lipinski definition) is 4. The molecule has 1 aromatic carbocycles. The van der Waals surface area contributed by atoms with Crippen LogP contribution in [0.25, 0.3) is 11.3 Å². The molecule has 2 amide bonds. The first-order chi connectivity index (χ1) is 16.0. The number of anilines is 1. The van der Waals surface area contributed by atoms with Gasteiger partial charge in [-0.25, -0.2) is 0 Å². The predicted molar refractivity (Wildman–Crippen MR) is 128 cm³/mol. The highest BCUT2D eigenvalue weighted by Crippen LogP contribution is 2.38. The fourth-order valence-corrected chi connectivity index (χ4v) is 5.31. The summed E-state index contributed by atoms with van der Waals surface area (Å²) in [6.07, 6.45) is 4.54. The molecule has 0 saturated carbocycles. The minimum atomic E-state index is -0.415. The Kier molecular flexibility index (Phi) is 7.32. The molecule has 0 bridgehead atoms. The topological polar surface area (TPSA) is 116 Å². The number of aromatic amines is 1. The number of halogens is 1. The van der Waals surface area contributed by atoms with Gasteiger partial charge < -0.3 is 20.5 Å². The first kappa shape index (κ1) is 23.3. The number of hydrogen-bond acceptors (Lipinski definition) is 6. The van der Waals surface area contributed by atoms with Crippen LogP contribution in [0.3, 0.4) is 0 Å². The summed E-state index contributed by atoms with van der Waals surface area (Å²) in [5.41, 5.74) is 2.59. The van der Waals surface area contributed by atoms with Gasteiger partial charge in [0.15, 0.2) is 0 Å². The lowest BCUT2D eigenvalue weighted by Gasteiger charge is -2.13. The number of methoxy groups -OCH3 is 1. The zero-order valence-electron chi connectivity index (χ0n) is 18.2. The molecule has 0 spiro atoms. The van der Waals surface area contributed by atoms with E-state index in [1.165, 1.54) is 17.4 Å². The molecule has 1 aliphatic rings. The average molecular weight is 489 g/mol. The van der Waals surface area contributed by atoms with Crippen molar-refractivity contribution in [2.75, 3.05) is 25.6 Å². The minimum absolute atomic E-state index is 0.0104. The molecule has 4 rings (SSSR count). The summed E-state index contributed by atoms with van der Waals surface area (Å²) in [7, 11) is 1.62. The van der Waals surface area contributed by atoms with Crippen LogP contribution in [0.2, 0.25) is 5.02 Å². The van der Waals surface area contributed by atoms with Crippen LogP contribution < -0.4 is 10.6 Å². The number of nitrogens with zero attached hydrogens (tertiary/aromatic N) is 1. The van der Waals surface area contributed by atoms with E-state index >= 15 is 0 Å². The SMILES string of the molecule is COCCCNC(=O)c1c(NC(=O)c2cc(-c3cc(Cl)ccc3O)n[nH]2)sc2c1CCCC2. The van der Waals surface area contributed by atoms with E-state index in [0.29, 0.717) is 46.4 Å². The van der Waals surface area contributed by atoms with Crippen LogP contribution in [0.5, 0.6) is 5.75 Å². The van der Waals surface area contributed by atoms with Crippen molar-refractivity contribution in [1.82, 2.24) is 15.5 Å². The van der Waals surface area contributed by atoms with E-state index in [0.717, 1.165) is 36.1 Å². The van der Waals surface area contributed by atoms with E-state index in [1.807, 2.05) is 0 Å². The Morgan fingerprint density at radius 2 is 2.06 bits per heavy atom. The molecule has 1 aliphatic carbocycles. The second-order valence-corrected chi connectivity index (χ2v) is 9.34. The predicted octanol–water partition coefficient (Wildman–Crippen LogP) is 4.39. The van der Waals surface area contributed by atoms with Crippen molar-refractivity contribution in [1.29, 1.82) is 0 Å². The van der Waals surface area contributed by atoms with Gasteiger partial charge >= 0.3 is 0 Å². The molecule has 10 heteroatoms. The Morgan fingerprint density at radius 1 is 1.24 bits per heavy atom. The molecular formula is C23H25ClN4O4S. The van der Waals surface area contributed by atoms with Crippen molar-refractivity contribution in [3.63, 3.8) is 0 Å². The molecule has 174 valence electrons. The molecule has 0 atom stereocenters. The third kappa shape index (κ3) is 5.21. The summed E-state index contributed by atoms with van der Waals surface area (Å²) >= 11 is 7.48. The number of benzene rings is 1. The Hall–Kier alpha value is -2.88. The molecule has 2 heterocycles. The van der Waals surface area contributed by atoms with Crippen molar-refractivity contribution in [3.8, 4) is 17.0 Å². The van der Waals surface area contributed by atoms with E-state index in [4.69, 9.17) is 16.3 Å². The smallest absolute Gasteiger partial charge is 0.274 e. The van der Waals surface area contributed by atoms with Crippen LogP contribution in [0, 0.1) is 0 Å². The maximum Gasteiger partial charge on any atom is 0.274 e. The van der Waals surface area contributed by atoms with Crippen molar-refractivity contribution in [2.45, 2.75) is 32.1 Å². The summed E-state index contributed by atoms with van der Waals surface area (Å²) in [6, 6.07) is 6.16. The average Bonchev–Trinajstić information content (AvgIpc) is 3.43. The number of aryl methyl sites for hydroxylation is 1. The lowest BCUT2D eigenvalue weighted by Crippen LogP contribution is -2.27. The number of rotatable bonds is 8. The lowest BCUT2D eigenvalue weighted by atomic mass is 9.95. The number of H-pyrrole nitrogens is 1. The van der Waals surface area contributed by atoms with Gasteiger partial charge in [-0.1, -0.05) is 11.6 Å². The molecular weight excluding hydrogens is 464 g/mol. The fourth-order valence-electron chi connectivity index (χ4n) is 3.86. The van der Waals surface area contributed by atoms with Gasteiger partial charge in [0.25, 0.3) is 11.8 Å². The van der Waals surface area contributed by atoms with Crippen LogP contribution in [0.15, 0.2) is 24.3 Å². The highest BCUT2D eigenvalue weighted by Gasteiger charge is 2.27. The number of carbonyl (C=O) groups is 2. The van der Waals surface area contributed by atoms with Gasteiger partial charge in [-0.15, -0.1) is 11.3 Å². The summed E-state index contributed by atoms with van der Waals surface area (Å²) < 4.78 is 5.04. The Balaban J connectivity index is 1.56. The molecule has 0 radical (unpaired) electrons. The molecule has 0 saturated heterocycles. The second-order valence-electron chi connectivity index (χ2n) is 7.80. The maximum absolute atomic E-state index is 13.0. The molecule has 33 heavy (non-hydrogen) atoms. The van der Waals surface area contributed by atoms with E-state index in [1.54, 1.807) is 25.3 Å².